The molecule has 4 bridgehead atoms. The number of likely N-dealkylation sites (tertiary alicyclic amines) is 1. The van der Waals surface area contributed by atoms with E-state index in [1.54, 1.807) is 7.11 Å². The molecule has 196 valence electrons. The zero-order valence-corrected chi connectivity index (χ0v) is 22.1. The standard InChI is InChI=1S/C31H38N2O4/c1-34-24-8-7-22-14-25-29-9-10-31(35-2,23(15-29)19-36-18-21-4-3-12-32-16-21)28-30(29,26(22)27(24)37-28)11-13-33(25)17-20-5-6-20/h3-4,7-8,12,16,20,23,25,28H,5-6,9-11,13-15,17-19H2,1-2H3/t23-,25-,28-,29-,30+,31-/m1/s1. The Morgan fingerprint density at radius 1 is 1.14 bits per heavy atom. The molecule has 0 radical (unpaired) electrons. The zero-order chi connectivity index (χ0) is 24.8. The van der Waals surface area contributed by atoms with E-state index in [-0.39, 0.29) is 22.5 Å². The third-order valence-electron chi connectivity index (χ3n) is 11.3. The Morgan fingerprint density at radius 2 is 2.05 bits per heavy atom. The van der Waals surface area contributed by atoms with Crippen LogP contribution in [0.3, 0.4) is 0 Å². The first-order chi connectivity index (χ1) is 18.1. The smallest absolute Gasteiger partial charge is 0.165 e. The van der Waals surface area contributed by atoms with E-state index >= 15 is 0 Å². The summed E-state index contributed by atoms with van der Waals surface area (Å²) >= 11 is 0. The zero-order valence-electron chi connectivity index (χ0n) is 22.1. The van der Waals surface area contributed by atoms with Gasteiger partial charge in [-0.3, -0.25) is 9.88 Å². The Bertz CT molecular complexity index is 1220. The molecule has 6 atom stereocenters. The molecule has 0 N–H and O–H groups in total. The van der Waals surface area contributed by atoms with Crippen molar-refractivity contribution >= 4 is 0 Å². The van der Waals surface area contributed by atoms with Gasteiger partial charge >= 0.3 is 0 Å². The number of pyridine rings is 1. The third-order valence-corrected chi connectivity index (χ3v) is 11.3. The van der Waals surface area contributed by atoms with E-state index in [0.29, 0.717) is 25.2 Å². The summed E-state index contributed by atoms with van der Waals surface area (Å²) in [6.45, 7) is 3.71. The van der Waals surface area contributed by atoms with E-state index in [0.717, 1.165) is 48.7 Å². The summed E-state index contributed by atoms with van der Waals surface area (Å²) in [5.74, 6) is 3.08. The molecule has 9 rings (SSSR count). The summed E-state index contributed by atoms with van der Waals surface area (Å²) < 4.78 is 26.0. The quantitative estimate of drug-likeness (QED) is 0.529. The normalized spacial score (nSPS) is 38.8. The van der Waals surface area contributed by atoms with E-state index in [2.05, 4.69) is 28.1 Å². The molecule has 7 aliphatic rings. The number of hydrogen-bond donors (Lipinski definition) is 0. The first-order valence-corrected chi connectivity index (χ1v) is 14.3. The van der Waals surface area contributed by atoms with Crippen LogP contribution in [0.4, 0.5) is 0 Å². The van der Waals surface area contributed by atoms with Crippen molar-refractivity contribution in [3.63, 3.8) is 0 Å². The lowest BCUT2D eigenvalue weighted by molar-refractivity contribution is -0.283. The molecule has 5 aliphatic carbocycles. The lowest BCUT2D eigenvalue weighted by atomic mass is 9.35. The van der Waals surface area contributed by atoms with E-state index < -0.39 is 0 Å². The molecular formula is C31H38N2O4. The fourth-order valence-corrected chi connectivity index (χ4v) is 9.70. The minimum absolute atomic E-state index is 0.00326. The number of aromatic nitrogens is 1. The topological polar surface area (TPSA) is 53.1 Å². The van der Waals surface area contributed by atoms with E-state index in [4.69, 9.17) is 18.9 Å². The summed E-state index contributed by atoms with van der Waals surface area (Å²) in [5.41, 5.74) is 3.92. The van der Waals surface area contributed by atoms with Crippen LogP contribution in [0.25, 0.3) is 0 Å². The second-order valence-corrected chi connectivity index (χ2v) is 12.6. The van der Waals surface area contributed by atoms with Crippen molar-refractivity contribution in [1.82, 2.24) is 9.88 Å². The van der Waals surface area contributed by atoms with Gasteiger partial charge in [0.1, 0.15) is 11.7 Å². The van der Waals surface area contributed by atoms with Crippen molar-refractivity contribution in [3.05, 3.63) is 53.3 Å². The number of ether oxygens (including phenoxy) is 4. The number of nitrogens with zero attached hydrogens (tertiary/aromatic N) is 2. The molecule has 3 heterocycles. The summed E-state index contributed by atoms with van der Waals surface area (Å²) in [4.78, 5) is 7.16. The highest BCUT2D eigenvalue weighted by Gasteiger charge is 2.80. The molecule has 0 unspecified atom stereocenters. The van der Waals surface area contributed by atoms with Gasteiger partial charge in [-0.2, -0.15) is 0 Å². The largest absolute Gasteiger partial charge is 0.493 e. The van der Waals surface area contributed by atoms with Crippen LogP contribution < -0.4 is 9.47 Å². The second kappa shape index (κ2) is 7.93. The lowest BCUT2D eigenvalue weighted by Gasteiger charge is -2.74. The summed E-state index contributed by atoms with van der Waals surface area (Å²) in [6, 6.07) is 9.10. The molecule has 2 aliphatic heterocycles. The predicted octanol–water partition coefficient (Wildman–Crippen LogP) is 4.53. The maximum absolute atomic E-state index is 7.11. The van der Waals surface area contributed by atoms with Crippen LogP contribution in [0.2, 0.25) is 0 Å². The number of methoxy groups -OCH3 is 2. The van der Waals surface area contributed by atoms with Gasteiger partial charge < -0.3 is 18.9 Å². The Hall–Kier alpha value is -2.15. The van der Waals surface area contributed by atoms with Gasteiger partial charge in [0.25, 0.3) is 0 Å². The van der Waals surface area contributed by atoms with E-state index in [1.807, 2.05) is 25.6 Å². The molecule has 1 saturated heterocycles. The van der Waals surface area contributed by atoms with E-state index in [9.17, 15) is 0 Å². The molecule has 2 aromatic rings. The second-order valence-electron chi connectivity index (χ2n) is 12.6. The van der Waals surface area contributed by atoms with Crippen molar-refractivity contribution in [1.29, 1.82) is 0 Å². The molecule has 0 amide bonds. The Balaban J connectivity index is 1.22. The number of benzene rings is 1. The monoisotopic (exact) mass is 502 g/mol. The van der Waals surface area contributed by atoms with Crippen molar-refractivity contribution in [2.45, 2.75) is 74.7 Å². The Kier molecular flexibility index (Phi) is 4.89. The molecule has 37 heavy (non-hydrogen) atoms. The molecule has 4 saturated carbocycles. The van der Waals surface area contributed by atoms with Gasteiger partial charge in [-0.1, -0.05) is 12.1 Å². The number of rotatable bonds is 8. The number of piperidine rings is 1. The Morgan fingerprint density at radius 3 is 2.84 bits per heavy atom. The first-order valence-electron chi connectivity index (χ1n) is 14.3. The first kappa shape index (κ1) is 22.8. The van der Waals surface area contributed by atoms with Gasteiger partial charge in [0, 0.05) is 54.4 Å². The fraction of sp³-hybridized carbons (Fsp3) is 0.645. The fourth-order valence-electron chi connectivity index (χ4n) is 9.70. The van der Waals surface area contributed by atoms with Crippen LogP contribution in [0.1, 0.15) is 55.2 Å². The van der Waals surface area contributed by atoms with Crippen molar-refractivity contribution in [2.24, 2.45) is 17.3 Å². The molecular weight excluding hydrogens is 464 g/mol. The van der Waals surface area contributed by atoms with Crippen molar-refractivity contribution in [3.8, 4) is 11.5 Å². The van der Waals surface area contributed by atoms with Gasteiger partial charge in [0.05, 0.1) is 20.3 Å². The highest BCUT2D eigenvalue weighted by Crippen LogP contribution is 2.76. The molecule has 6 nitrogen and oxygen atoms in total. The van der Waals surface area contributed by atoms with Gasteiger partial charge in [-0.15, -0.1) is 0 Å². The average Bonchev–Trinajstić information content (AvgIpc) is 3.68. The number of hydrogen-bond acceptors (Lipinski definition) is 6. The summed E-state index contributed by atoms with van der Waals surface area (Å²) in [5, 5.41) is 0. The third kappa shape index (κ3) is 2.85. The van der Waals surface area contributed by atoms with Gasteiger partial charge in [-0.25, -0.2) is 0 Å². The maximum atomic E-state index is 7.11. The van der Waals surface area contributed by atoms with Crippen LogP contribution >= 0.6 is 0 Å². The maximum Gasteiger partial charge on any atom is 0.165 e. The molecule has 1 aromatic carbocycles. The number of fused-ring (bicyclic) bond motifs is 2. The van der Waals surface area contributed by atoms with Crippen LogP contribution in [-0.4, -0.2) is 61.5 Å². The summed E-state index contributed by atoms with van der Waals surface area (Å²) in [6.07, 6.45) is 12.2. The van der Waals surface area contributed by atoms with Gasteiger partial charge in [-0.05, 0) is 80.7 Å². The van der Waals surface area contributed by atoms with Crippen LogP contribution in [0.5, 0.6) is 11.5 Å². The van der Waals surface area contributed by atoms with E-state index in [1.165, 1.54) is 43.5 Å². The molecule has 1 aromatic heterocycles. The molecule has 6 heteroatoms. The highest BCUT2D eigenvalue weighted by molar-refractivity contribution is 5.63. The van der Waals surface area contributed by atoms with Crippen molar-refractivity contribution < 1.29 is 18.9 Å². The average molecular weight is 503 g/mol. The van der Waals surface area contributed by atoms with Gasteiger partial charge in [0.2, 0.25) is 0 Å². The minimum atomic E-state index is -0.349. The lowest BCUT2D eigenvalue weighted by Crippen LogP contribution is -2.81. The van der Waals surface area contributed by atoms with Gasteiger partial charge in [0.15, 0.2) is 11.5 Å². The van der Waals surface area contributed by atoms with Crippen LogP contribution in [-0.2, 0) is 27.9 Å². The molecule has 5 fully saturated rings. The van der Waals surface area contributed by atoms with Crippen LogP contribution in [0.15, 0.2) is 36.7 Å². The van der Waals surface area contributed by atoms with Crippen molar-refractivity contribution in [2.75, 3.05) is 33.9 Å². The SMILES string of the molecule is COc1ccc2c3c1O[C@H]1[C@@]4(OC)CC[C@@]5(C[C@@H]4COCc4cccnc4)[C@@H](C2)N(CC2CC2)CC[C@]315. The van der Waals surface area contributed by atoms with Crippen LogP contribution in [0, 0.1) is 17.3 Å². The highest BCUT2D eigenvalue weighted by atomic mass is 16.6. The minimum Gasteiger partial charge on any atom is -0.493 e. The predicted molar refractivity (Wildman–Crippen MR) is 139 cm³/mol. The Labute approximate surface area is 219 Å². The molecule has 2 spiro atoms. The summed E-state index contributed by atoms with van der Waals surface area (Å²) in [7, 11) is 3.69.